The lowest BCUT2D eigenvalue weighted by atomic mass is 10.1. The molecular formula is C12H19N3O5. The van der Waals surface area contributed by atoms with Gasteiger partial charge in [-0.25, -0.2) is 4.79 Å². The second-order valence-electron chi connectivity index (χ2n) is 4.62. The third kappa shape index (κ3) is 3.94. The molecule has 0 aromatic rings. The second kappa shape index (κ2) is 6.88. The van der Waals surface area contributed by atoms with Crippen LogP contribution in [-0.4, -0.2) is 52.4 Å². The number of rotatable bonds is 5. The summed E-state index contributed by atoms with van der Waals surface area (Å²) in [5.74, 6) is -2.07. The summed E-state index contributed by atoms with van der Waals surface area (Å²) in [5.41, 5.74) is 0. The van der Waals surface area contributed by atoms with Crippen LogP contribution in [0, 0.1) is 0 Å². The first-order valence-corrected chi connectivity index (χ1v) is 6.51. The highest BCUT2D eigenvalue weighted by Gasteiger charge is 2.36. The molecule has 0 spiro atoms. The van der Waals surface area contributed by atoms with Gasteiger partial charge in [0.1, 0.15) is 12.6 Å². The first-order chi connectivity index (χ1) is 9.38. The molecule has 1 saturated heterocycles. The molecule has 112 valence electrons. The molecule has 0 bridgehead atoms. The Balaban J connectivity index is 2.74. The van der Waals surface area contributed by atoms with Gasteiger partial charge in [-0.1, -0.05) is 13.8 Å². The zero-order chi connectivity index (χ0) is 15.3. The van der Waals surface area contributed by atoms with Gasteiger partial charge in [0, 0.05) is 6.04 Å². The minimum Gasteiger partial charge on any atom is -0.481 e. The molecule has 3 N–H and O–H groups in total. The SMILES string of the molecule is CCC(CC(=O)O)NC(=O)N1CC(=O)NC(=O)C1CC. The molecule has 1 aliphatic rings. The zero-order valence-electron chi connectivity index (χ0n) is 11.5. The van der Waals surface area contributed by atoms with E-state index in [2.05, 4.69) is 10.6 Å². The van der Waals surface area contributed by atoms with Crippen molar-refractivity contribution in [3.05, 3.63) is 0 Å². The molecule has 0 aliphatic carbocycles. The number of piperazine rings is 1. The minimum absolute atomic E-state index is 0.201. The van der Waals surface area contributed by atoms with E-state index in [-0.39, 0.29) is 13.0 Å². The maximum Gasteiger partial charge on any atom is 0.318 e. The first kappa shape index (κ1) is 15.9. The number of amides is 4. The lowest BCUT2D eigenvalue weighted by Crippen LogP contribution is -2.62. The Kier molecular flexibility index (Phi) is 5.48. The Labute approximate surface area is 116 Å². The highest BCUT2D eigenvalue weighted by molar-refractivity contribution is 6.04. The molecule has 1 fully saturated rings. The van der Waals surface area contributed by atoms with Crippen molar-refractivity contribution in [2.24, 2.45) is 0 Å². The number of carboxylic acids is 1. The number of hydrogen-bond acceptors (Lipinski definition) is 4. The van der Waals surface area contributed by atoms with Crippen molar-refractivity contribution in [1.82, 2.24) is 15.5 Å². The Bertz CT molecular complexity index is 423. The number of carbonyl (C=O) groups excluding carboxylic acids is 3. The van der Waals surface area contributed by atoms with Crippen LogP contribution in [0.5, 0.6) is 0 Å². The number of imide groups is 1. The average Bonchev–Trinajstić information content (AvgIpc) is 2.36. The molecule has 1 aliphatic heterocycles. The van der Waals surface area contributed by atoms with Crippen molar-refractivity contribution >= 4 is 23.8 Å². The minimum atomic E-state index is -1.02. The van der Waals surface area contributed by atoms with E-state index in [9.17, 15) is 19.2 Å². The molecular weight excluding hydrogens is 266 g/mol. The van der Waals surface area contributed by atoms with Gasteiger partial charge in [-0.3, -0.25) is 19.7 Å². The lowest BCUT2D eigenvalue weighted by Gasteiger charge is -2.34. The number of nitrogens with zero attached hydrogens (tertiary/aromatic N) is 1. The number of carboxylic acid groups (broad SMARTS) is 1. The normalized spacial score (nSPS) is 20.3. The van der Waals surface area contributed by atoms with E-state index in [1.807, 2.05) is 0 Å². The second-order valence-corrected chi connectivity index (χ2v) is 4.62. The van der Waals surface area contributed by atoms with Gasteiger partial charge in [0.25, 0.3) is 0 Å². The van der Waals surface area contributed by atoms with Crippen LogP contribution in [0.4, 0.5) is 4.79 Å². The first-order valence-electron chi connectivity index (χ1n) is 6.51. The fourth-order valence-electron chi connectivity index (χ4n) is 2.05. The molecule has 1 rings (SSSR count). The summed E-state index contributed by atoms with van der Waals surface area (Å²) in [6, 6.07) is -1.83. The Morgan fingerprint density at radius 3 is 2.60 bits per heavy atom. The third-order valence-corrected chi connectivity index (χ3v) is 3.14. The molecule has 0 radical (unpaired) electrons. The van der Waals surface area contributed by atoms with E-state index < -0.39 is 35.9 Å². The molecule has 1 heterocycles. The van der Waals surface area contributed by atoms with Gasteiger partial charge in [-0.2, -0.15) is 0 Å². The van der Waals surface area contributed by atoms with Gasteiger partial charge in [0.2, 0.25) is 11.8 Å². The molecule has 0 aromatic heterocycles. The highest BCUT2D eigenvalue weighted by Crippen LogP contribution is 2.10. The Morgan fingerprint density at radius 1 is 1.45 bits per heavy atom. The summed E-state index contributed by atoms with van der Waals surface area (Å²) in [4.78, 5) is 46.9. The number of urea groups is 1. The van der Waals surface area contributed by atoms with Crippen molar-refractivity contribution in [3.8, 4) is 0 Å². The molecule has 20 heavy (non-hydrogen) atoms. The monoisotopic (exact) mass is 285 g/mol. The summed E-state index contributed by atoms with van der Waals surface area (Å²) in [7, 11) is 0. The van der Waals surface area contributed by atoms with Gasteiger partial charge < -0.3 is 15.3 Å². The topological polar surface area (TPSA) is 116 Å². The van der Waals surface area contributed by atoms with Crippen LogP contribution in [0.3, 0.4) is 0 Å². The molecule has 0 saturated carbocycles. The van der Waals surface area contributed by atoms with Crippen LogP contribution >= 0.6 is 0 Å². The number of aliphatic carboxylic acids is 1. The summed E-state index contributed by atoms with van der Waals surface area (Å²) in [5, 5.41) is 13.5. The third-order valence-electron chi connectivity index (χ3n) is 3.14. The molecule has 2 unspecified atom stereocenters. The quantitative estimate of drug-likeness (QED) is 0.599. The molecule has 8 nitrogen and oxygen atoms in total. The summed E-state index contributed by atoms with van der Waals surface area (Å²) in [6.07, 6.45) is 0.623. The number of carbonyl (C=O) groups is 4. The molecule has 2 atom stereocenters. The standard InChI is InChI=1S/C12H19N3O5/c1-3-7(5-10(17)18)13-12(20)15-6-9(16)14-11(19)8(15)4-2/h7-8H,3-6H2,1-2H3,(H,13,20)(H,17,18)(H,14,16,19). The largest absolute Gasteiger partial charge is 0.481 e. The average molecular weight is 285 g/mol. The van der Waals surface area contributed by atoms with Crippen LogP contribution in [0.15, 0.2) is 0 Å². The smallest absolute Gasteiger partial charge is 0.318 e. The summed E-state index contributed by atoms with van der Waals surface area (Å²) in [6.45, 7) is 3.27. The maximum atomic E-state index is 12.1. The fourth-order valence-corrected chi connectivity index (χ4v) is 2.05. The van der Waals surface area contributed by atoms with Crippen molar-refractivity contribution in [2.75, 3.05) is 6.54 Å². The van der Waals surface area contributed by atoms with Gasteiger partial charge in [0.05, 0.1) is 6.42 Å². The lowest BCUT2D eigenvalue weighted by molar-refractivity contribution is -0.139. The zero-order valence-corrected chi connectivity index (χ0v) is 11.5. The number of nitrogens with one attached hydrogen (secondary N) is 2. The predicted molar refractivity (Wildman–Crippen MR) is 68.8 cm³/mol. The van der Waals surface area contributed by atoms with E-state index in [0.717, 1.165) is 4.90 Å². The van der Waals surface area contributed by atoms with Crippen molar-refractivity contribution in [1.29, 1.82) is 0 Å². The van der Waals surface area contributed by atoms with E-state index in [0.29, 0.717) is 12.8 Å². The summed E-state index contributed by atoms with van der Waals surface area (Å²) >= 11 is 0. The van der Waals surface area contributed by atoms with Crippen molar-refractivity contribution in [2.45, 2.75) is 45.2 Å². The highest BCUT2D eigenvalue weighted by atomic mass is 16.4. The van der Waals surface area contributed by atoms with Gasteiger partial charge in [-0.05, 0) is 12.8 Å². The van der Waals surface area contributed by atoms with E-state index in [4.69, 9.17) is 5.11 Å². The van der Waals surface area contributed by atoms with Crippen LogP contribution < -0.4 is 10.6 Å². The summed E-state index contributed by atoms with van der Waals surface area (Å²) < 4.78 is 0. The Hall–Kier alpha value is -2.12. The van der Waals surface area contributed by atoms with Crippen LogP contribution in [0.1, 0.15) is 33.1 Å². The predicted octanol–water partition coefficient (Wildman–Crippen LogP) is -0.314. The van der Waals surface area contributed by atoms with Gasteiger partial charge >= 0.3 is 12.0 Å². The van der Waals surface area contributed by atoms with Crippen LogP contribution in [0.2, 0.25) is 0 Å². The van der Waals surface area contributed by atoms with E-state index >= 15 is 0 Å². The van der Waals surface area contributed by atoms with Crippen LogP contribution in [0.25, 0.3) is 0 Å². The Morgan fingerprint density at radius 2 is 2.10 bits per heavy atom. The number of hydrogen-bond donors (Lipinski definition) is 3. The molecule has 8 heteroatoms. The van der Waals surface area contributed by atoms with Gasteiger partial charge in [0.15, 0.2) is 0 Å². The fraction of sp³-hybridized carbons (Fsp3) is 0.667. The van der Waals surface area contributed by atoms with Gasteiger partial charge in [-0.15, -0.1) is 0 Å². The van der Waals surface area contributed by atoms with E-state index in [1.165, 1.54) is 0 Å². The van der Waals surface area contributed by atoms with Crippen molar-refractivity contribution in [3.63, 3.8) is 0 Å². The molecule has 0 aromatic carbocycles. The molecule has 4 amide bonds. The van der Waals surface area contributed by atoms with E-state index in [1.54, 1.807) is 13.8 Å². The van der Waals surface area contributed by atoms with Crippen molar-refractivity contribution < 1.29 is 24.3 Å². The maximum absolute atomic E-state index is 12.1. The van der Waals surface area contributed by atoms with Crippen LogP contribution in [-0.2, 0) is 14.4 Å².